The molecule has 0 unspecified atom stereocenters. The van der Waals surface area contributed by atoms with Gasteiger partial charge in [-0.25, -0.2) is 0 Å². The maximum atomic E-state index is 12.3. The van der Waals surface area contributed by atoms with Crippen molar-refractivity contribution in [3.05, 3.63) is 48.3 Å². The number of nitrogens with one attached hydrogen (secondary N) is 1. The fourth-order valence-electron chi connectivity index (χ4n) is 2.96. The lowest BCUT2D eigenvalue weighted by atomic mass is 10.1. The lowest BCUT2D eigenvalue weighted by Gasteiger charge is -2.26. The van der Waals surface area contributed by atoms with E-state index in [1.54, 1.807) is 30.3 Å². The highest BCUT2D eigenvalue weighted by molar-refractivity contribution is 7.99. The topological polar surface area (TPSA) is 89.3 Å². The van der Waals surface area contributed by atoms with Crippen molar-refractivity contribution in [1.29, 1.82) is 0 Å². The van der Waals surface area contributed by atoms with Gasteiger partial charge >= 0.3 is 0 Å². The van der Waals surface area contributed by atoms with Crippen LogP contribution in [-0.4, -0.2) is 63.4 Å². The number of Topliss-reactive ketones (excluding diaryl/α,β-unsaturated/α-hetero) is 1. The van der Waals surface area contributed by atoms with E-state index in [1.807, 2.05) is 4.57 Å². The molecular weight excluding hydrogens is 390 g/mol. The molecule has 1 aliphatic heterocycles. The van der Waals surface area contributed by atoms with Crippen LogP contribution in [0.1, 0.15) is 23.1 Å². The van der Waals surface area contributed by atoms with Gasteiger partial charge in [0.1, 0.15) is 5.82 Å². The van der Waals surface area contributed by atoms with Crippen molar-refractivity contribution in [2.24, 2.45) is 0 Å². The molecule has 0 atom stereocenters. The second-order valence-electron chi connectivity index (χ2n) is 6.66. The molecule has 1 aromatic heterocycles. The number of carbonyl (C=O) groups is 2. The average molecular weight is 416 g/mol. The summed E-state index contributed by atoms with van der Waals surface area (Å²) >= 11 is 1.33. The monoisotopic (exact) mass is 415 g/mol. The summed E-state index contributed by atoms with van der Waals surface area (Å²) in [5, 5.41) is 12.1. The molecule has 3 rings (SSSR count). The summed E-state index contributed by atoms with van der Waals surface area (Å²) in [6.45, 7) is 9.76. The molecule has 29 heavy (non-hydrogen) atoms. The first-order valence-corrected chi connectivity index (χ1v) is 10.4. The van der Waals surface area contributed by atoms with Crippen molar-refractivity contribution in [2.45, 2.75) is 25.2 Å². The van der Waals surface area contributed by atoms with Gasteiger partial charge in [-0.1, -0.05) is 30.0 Å². The Morgan fingerprint density at radius 1 is 1.31 bits per heavy atom. The lowest BCUT2D eigenvalue weighted by Crippen LogP contribution is -2.36. The number of hydrogen-bond donors (Lipinski definition) is 1. The molecule has 2 aromatic rings. The molecule has 154 valence electrons. The fourth-order valence-corrected chi connectivity index (χ4v) is 3.72. The quantitative estimate of drug-likeness (QED) is 0.382. The van der Waals surface area contributed by atoms with Crippen molar-refractivity contribution in [2.75, 3.05) is 37.4 Å². The predicted molar refractivity (Wildman–Crippen MR) is 112 cm³/mol. The minimum atomic E-state index is -0.168. The Morgan fingerprint density at radius 2 is 2.10 bits per heavy atom. The van der Waals surface area contributed by atoms with Crippen molar-refractivity contribution in [3.8, 4) is 0 Å². The molecule has 0 aliphatic carbocycles. The molecule has 1 aliphatic rings. The first kappa shape index (κ1) is 21.2. The standard InChI is InChI=1S/C20H25N5O3S/c1-3-7-25-18(13-24-8-10-28-11-9-24)22-23-20(25)29-14-19(27)21-17-6-4-5-16(12-17)15(2)26/h3-6,12H,1,7-11,13-14H2,2H3,(H,21,27). The Morgan fingerprint density at radius 3 is 2.83 bits per heavy atom. The molecule has 0 bridgehead atoms. The second kappa shape index (κ2) is 10.3. The van der Waals surface area contributed by atoms with Gasteiger partial charge in [-0.2, -0.15) is 0 Å². The Hall–Kier alpha value is -2.49. The number of rotatable bonds is 9. The van der Waals surface area contributed by atoms with Gasteiger partial charge in [0.05, 0.1) is 25.5 Å². The van der Waals surface area contributed by atoms with Crippen LogP contribution in [0.2, 0.25) is 0 Å². The van der Waals surface area contributed by atoms with Crippen LogP contribution >= 0.6 is 11.8 Å². The van der Waals surface area contributed by atoms with Crippen molar-refractivity contribution in [3.63, 3.8) is 0 Å². The van der Waals surface area contributed by atoms with Gasteiger partial charge in [0, 0.05) is 30.9 Å². The van der Waals surface area contributed by atoms with Gasteiger partial charge < -0.3 is 14.6 Å². The van der Waals surface area contributed by atoms with E-state index >= 15 is 0 Å². The Bertz CT molecular complexity index is 877. The highest BCUT2D eigenvalue weighted by Gasteiger charge is 2.18. The van der Waals surface area contributed by atoms with E-state index < -0.39 is 0 Å². The molecule has 1 saturated heterocycles. The largest absolute Gasteiger partial charge is 0.379 e. The molecule has 0 spiro atoms. The summed E-state index contributed by atoms with van der Waals surface area (Å²) < 4.78 is 7.37. The van der Waals surface area contributed by atoms with Crippen LogP contribution in [-0.2, 0) is 22.6 Å². The molecule has 9 heteroatoms. The van der Waals surface area contributed by atoms with Gasteiger partial charge in [0.25, 0.3) is 0 Å². The number of benzene rings is 1. The van der Waals surface area contributed by atoms with E-state index in [4.69, 9.17) is 4.74 Å². The summed E-state index contributed by atoms with van der Waals surface area (Å²) in [6, 6.07) is 6.90. The number of amides is 1. The van der Waals surface area contributed by atoms with Gasteiger partial charge in [0.2, 0.25) is 5.91 Å². The number of anilines is 1. The molecule has 1 amide bonds. The normalized spacial score (nSPS) is 14.5. The van der Waals surface area contributed by atoms with E-state index in [-0.39, 0.29) is 17.4 Å². The molecule has 2 heterocycles. The van der Waals surface area contributed by atoms with Gasteiger partial charge in [0.15, 0.2) is 10.9 Å². The van der Waals surface area contributed by atoms with Gasteiger partial charge in [-0.05, 0) is 19.1 Å². The van der Waals surface area contributed by atoms with Crippen LogP contribution in [0, 0.1) is 0 Å². The van der Waals surface area contributed by atoms with Crippen LogP contribution in [0.4, 0.5) is 5.69 Å². The third-order valence-corrected chi connectivity index (χ3v) is 5.43. The average Bonchev–Trinajstić information content (AvgIpc) is 3.09. The van der Waals surface area contributed by atoms with Crippen molar-refractivity contribution >= 4 is 29.1 Å². The first-order valence-electron chi connectivity index (χ1n) is 9.43. The number of thioether (sulfide) groups is 1. The highest BCUT2D eigenvalue weighted by atomic mass is 32.2. The molecule has 8 nitrogen and oxygen atoms in total. The molecule has 1 aromatic carbocycles. The SMILES string of the molecule is C=CCn1c(CN2CCOCC2)nnc1SCC(=O)Nc1cccc(C(C)=O)c1. The number of hydrogen-bond acceptors (Lipinski definition) is 7. The number of ether oxygens (including phenoxy) is 1. The number of morpholine rings is 1. The minimum absolute atomic E-state index is 0.0409. The smallest absolute Gasteiger partial charge is 0.234 e. The zero-order valence-electron chi connectivity index (χ0n) is 16.5. The minimum Gasteiger partial charge on any atom is -0.379 e. The van der Waals surface area contributed by atoms with Crippen LogP contribution in [0.15, 0.2) is 42.1 Å². The first-order chi connectivity index (χ1) is 14.1. The molecule has 1 N–H and O–H groups in total. The van der Waals surface area contributed by atoms with E-state index in [1.165, 1.54) is 18.7 Å². The maximum absolute atomic E-state index is 12.3. The zero-order chi connectivity index (χ0) is 20.6. The predicted octanol–water partition coefficient (Wildman–Crippen LogP) is 2.23. The van der Waals surface area contributed by atoms with Crippen LogP contribution in [0.3, 0.4) is 0 Å². The number of aromatic nitrogens is 3. The van der Waals surface area contributed by atoms with Crippen molar-refractivity contribution in [1.82, 2.24) is 19.7 Å². The van der Waals surface area contributed by atoms with Gasteiger partial charge in [-0.15, -0.1) is 16.8 Å². The number of nitrogens with zero attached hydrogens (tertiary/aromatic N) is 4. The van der Waals surface area contributed by atoms with E-state index in [0.29, 0.717) is 29.5 Å². The molecule has 0 radical (unpaired) electrons. The molecular formula is C20H25N5O3S. The van der Waals surface area contributed by atoms with E-state index in [2.05, 4.69) is 27.0 Å². The lowest BCUT2D eigenvalue weighted by molar-refractivity contribution is -0.113. The third-order valence-electron chi connectivity index (χ3n) is 4.46. The maximum Gasteiger partial charge on any atom is 0.234 e. The van der Waals surface area contributed by atoms with E-state index in [9.17, 15) is 9.59 Å². The van der Waals surface area contributed by atoms with E-state index in [0.717, 1.165) is 32.1 Å². The van der Waals surface area contributed by atoms with Crippen LogP contribution in [0.5, 0.6) is 0 Å². The third kappa shape index (κ3) is 5.99. The summed E-state index contributed by atoms with van der Waals surface area (Å²) in [6.07, 6.45) is 1.80. The van der Waals surface area contributed by atoms with Crippen molar-refractivity contribution < 1.29 is 14.3 Å². The summed E-state index contributed by atoms with van der Waals surface area (Å²) in [7, 11) is 0. The molecule has 0 saturated carbocycles. The zero-order valence-corrected chi connectivity index (χ0v) is 17.3. The molecule has 1 fully saturated rings. The van der Waals surface area contributed by atoms with Crippen LogP contribution < -0.4 is 5.32 Å². The number of ketones is 1. The summed E-state index contributed by atoms with van der Waals surface area (Å²) in [4.78, 5) is 26.1. The summed E-state index contributed by atoms with van der Waals surface area (Å²) in [5.74, 6) is 0.833. The Balaban J connectivity index is 1.60. The second-order valence-corrected chi connectivity index (χ2v) is 7.60. The number of carbonyl (C=O) groups excluding carboxylic acids is 2. The van der Waals surface area contributed by atoms with Gasteiger partial charge in [-0.3, -0.25) is 14.5 Å². The fraction of sp³-hybridized carbons (Fsp3) is 0.400. The highest BCUT2D eigenvalue weighted by Crippen LogP contribution is 2.19. The summed E-state index contributed by atoms with van der Waals surface area (Å²) in [5.41, 5.74) is 1.16. The number of allylic oxidation sites excluding steroid dienone is 1. The van der Waals surface area contributed by atoms with Crippen LogP contribution in [0.25, 0.3) is 0 Å². The Labute approximate surface area is 174 Å². The Kier molecular flexibility index (Phi) is 7.56.